The second kappa shape index (κ2) is 5.08. The number of amides is 1. The monoisotopic (exact) mass is 307 g/mol. The van der Waals surface area contributed by atoms with Crippen LogP contribution in [0.3, 0.4) is 0 Å². The molecule has 0 saturated heterocycles. The third kappa shape index (κ3) is 2.06. The van der Waals surface area contributed by atoms with Crippen molar-refractivity contribution >= 4 is 11.9 Å². The van der Waals surface area contributed by atoms with E-state index in [-0.39, 0.29) is 17.8 Å². The smallest absolute Gasteiger partial charge is 0.253 e. The lowest BCUT2D eigenvalue weighted by atomic mass is 9.86. The lowest BCUT2D eigenvalue weighted by Crippen LogP contribution is -2.36. The molecule has 0 bridgehead atoms. The molecular formula is C17H17N5O. The number of carbonyl (C=O) groups is 1. The number of nitrogens with zero attached hydrogens (tertiary/aromatic N) is 3. The van der Waals surface area contributed by atoms with Crippen LogP contribution in [0.1, 0.15) is 28.9 Å². The highest BCUT2D eigenvalue weighted by molar-refractivity contribution is 5.98. The topological polar surface area (TPSA) is 85.8 Å². The summed E-state index contributed by atoms with van der Waals surface area (Å²) in [5, 5.41) is 2.98. The van der Waals surface area contributed by atoms with Gasteiger partial charge < -0.3 is 15.6 Å². The standard InChI is InChI=1S/C17H17N5O/c1-2-22-14(13-6-7-19-17(18)21-13)8-11-15(22)12(9-20-16(11)23)10-4-3-5-10/h3-8,12H,2,9H2,1H3,(H,20,23)(H2,18,19,21). The second-order valence-corrected chi connectivity index (χ2v) is 5.66. The summed E-state index contributed by atoms with van der Waals surface area (Å²) in [7, 11) is 0. The van der Waals surface area contributed by atoms with Crippen LogP contribution < -0.4 is 11.1 Å². The first-order valence-corrected chi connectivity index (χ1v) is 7.67. The molecule has 2 aliphatic rings. The third-order valence-corrected chi connectivity index (χ3v) is 4.41. The van der Waals surface area contributed by atoms with Crippen molar-refractivity contribution in [2.45, 2.75) is 19.4 Å². The largest absolute Gasteiger partial charge is 0.368 e. The van der Waals surface area contributed by atoms with Crippen LogP contribution in [0.5, 0.6) is 0 Å². The van der Waals surface area contributed by atoms with Gasteiger partial charge in [0.25, 0.3) is 5.91 Å². The summed E-state index contributed by atoms with van der Waals surface area (Å²) in [6.45, 7) is 3.45. The molecule has 0 aromatic carbocycles. The molecule has 1 aliphatic heterocycles. The van der Waals surface area contributed by atoms with Crippen molar-refractivity contribution < 1.29 is 4.79 Å². The molecular weight excluding hydrogens is 290 g/mol. The van der Waals surface area contributed by atoms with Gasteiger partial charge >= 0.3 is 0 Å². The van der Waals surface area contributed by atoms with Crippen molar-refractivity contribution in [3.05, 3.63) is 53.4 Å². The Morgan fingerprint density at radius 1 is 1.48 bits per heavy atom. The predicted octanol–water partition coefficient (Wildman–Crippen LogP) is 1.87. The van der Waals surface area contributed by atoms with Crippen LogP contribution in [-0.2, 0) is 6.54 Å². The van der Waals surface area contributed by atoms with Crippen LogP contribution in [-0.4, -0.2) is 27.0 Å². The number of nitrogens with one attached hydrogen (secondary N) is 1. The Bertz CT molecular complexity index is 862. The van der Waals surface area contributed by atoms with Gasteiger partial charge in [-0.3, -0.25) is 4.79 Å². The van der Waals surface area contributed by atoms with Gasteiger partial charge in [-0.2, -0.15) is 0 Å². The summed E-state index contributed by atoms with van der Waals surface area (Å²) in [6.07, 6.45) is 7.86. The Morgan fingerprint density at radius 2 is 2.30 bits per heavy atom. The first-order valence-electron chi connectivity index (χ1n) is 7.67. The van der Waals surface area contributed by atoms with Crippen molar-refractivity contribution in [3.8, 4) is 11.4 Å². The van der Waals surface area contributed by atoms with Crippen LogP contribution in [0.2, 0.25) is 0 Å². The molecule has 1 amide bonds. The van der Waals surface area contributed by atoms with E-state index >= 15 is 0 Å². The fourth-order valence-electron chi connectivity index (χ4n) is 3.29. The molecule has 1 atom stereocenters. The number of anilines is 1. The summed E-state index contributed by atoms with van der Waals surface area (Å²) in [4.78, 5) is 20.6. The Labute approximate surface area is 133 Å². The molecule has 0 radical (unpaired) electrons. The summed E-state index contributed by atoms with van der Waals surface area (Å²) >= 11 is 0. The number of hydrogen-bond donors (Lipinski definition) is 2. The maximum atomic E-state index is 12.3. The van der Waals surface area contributed by atoms with E-state index < -0.39 is 0 Å². The van der Waals surface area contributed by atoms with E-state index in [4.69, 9.17) is 5.73 Å². The van der Waals surface area contributed by atoms with Gasteiger partial charge in [-0.15, -0.1) is 0 Å². The zero-order chi connectivity index (χ0) is 16.0. The minimum atomic E-state index is -0.0318. The Balaban J connectivity index is 1.91. The number of carbonyl (C=O) groups excluding carboxylic acids is 1. The normalized spacial score (nSPS) is 18.9. The number of fused-ring (bicyclic) bond motifs is 1. The van der Waals surface area contributed by atoms with Crippen molar-refractivity contribution in [2.24, 2.45) is 0 Å². The molecule has 0 fully saturated rings. The Kier molecular flexibility index (Phi) is 3.04. The SMILES string of the molecule is CCn1c(-c2ccnc(N)n2)cc2c1C(C1=CC=C1)CNC2=O. The van der Waals surface area contributed by atoms with Crippen LogP contribution in [0.15, 0.2) is 42.1 Å². The lowest BCUT2D eigenvalue weighted by molar-refractivity contribution is 0.0941. The average Bonchev–Trinajstić information content (AvgIpc) is 2.88. The van der Waals surface area contributed by atoms with Crippen molar-refractivity contribution in [2.75, 3.05) is 12.3 Å². The van der Waals surface area contributed by atoms with Crippen molar-refractivity contribution in [3.63, 3.8) is 0 Å². The molecule has 4 rings (SSSR count). The molecule has 116 valence electrons. The van der Waals surface area contributed by atoms with Crippen LogP contribution in [0.25, 0.3) is 11.4 Å². The molecule has 0 spiro atoms. The van der Waals surface area contributed by atoms with E-state index in [1.54, 1.807) is 6.20 Å². The highest BCUT2D eigenvalue weighted by Gasteiger charge is 2.33. The summed E-state index contributed by atoms with van der Waals surface area (Å²) in [5.41, 5.74) is 10.4. The zero-order valence-electron chi connectivity index (χ0n) is 12.8. The van der Waals surface area contributed by atoms with E-state index in [0.29, 0.717) is 6.54 Å². The highest BCUT2D eigenvalue weighted by Crippen LogP contribution is 2.37. The molecule has 23 heavy (non-hydrogen) atoms. The van der Waals surface area contributed by atoms with Crippen LogP contribution in [0.4, 0.5) is 5.95 Å². The van der Waals surface area contributed by atoms with Gasteiger partial charge in [-0.25, -0.2) is 9.97 Å². The first kappa shape index (κ1) is 13.8. The predicted molar refractivity (Wildman–Crippen MR) is 87.8 cm³/mol. The van der Waals surface area contributed by atoms with Gasteiger partial charge in [-0.05, 0) is 24.6 Å². The highest BCUT2D eigenvalue weighted by atomic mass is 16.1. The van der Waals surface area contributed by atoms with E-state index in [0.717, 1.165) is 29.2 Å². The Morgan fingerprint density at radius 3 is 2.96 bits per heavy atom. The molecule has 3 heterocycles. The number of nitrogens with two attached hydrogens (primary N) is 1. The Hall–Kier alpha value is -2.89. The lowest BCUT2D eigenvalue weighted by Gasteiger charge is -2.28. The molecule has 2 aromatic rings. The minimum Gasteiger partial charge on any atom is -0.368 e. The van der Waals surface area contributed by atoms with E-state index in [9.17, 15) is 4.79 Å². The van der Waals surface area contributed by atoms with E-state index in [2.05, 4.69) is 38.9 Å². The fraction of sp³-hybridized carbons (Fsp3) is 0.235. The van der Waals surface area contributed by atoms with Gasteiger partial charge in [0.05, 0.1) is 17.0 Å². The van der Waals surface area contributed by atoms with Crippen molar-refractivity contribution in [1.29, 1.82) is 0 Å². The molecule has 0 saturated carbocycles. The number of hydrogen-bond acceptors (Lipinski definition) is 4. The van der Waals surface area contributed by atoms with Crippen LogP contribution >= 0.6 is 0 Å². The molecule has 6 nitrogen and oxygen atoms in total. The average molecular weight is 307 g/mol. The number of rotatable bonds is 3. The zero-order valence-corrected chi connectivity index (χ0v) is 12.8. The molecule has 1 aliphatic carbocycles. The van der Waals surface area contributed by atoms with Gasteiger partial charge in [0.15, 0.2) is 0 Å². The van der Waals surface area contributed by atoms with E-state index in [1.165, 1.54) is 5.57 Å². The van der Waals surface area contributed by atoms with Gasteiger partial charge in [0, 0.05) is 30.9 Å². The van der Waals surface area contributed by atoms with E-state index in [1.807, 2.05) is 18.2 Å². The quantitative estimate of drug-likeness (QED) is 0.906. The van der Waals surface area contributed by atoms with Gasteiger partial charge in [-0.1, -0.05) is 18.2 Å². The molecule has 3 N–H and O–H groups in total. The van der Waals surface area contributed by atoms with Gasteiger partial charge in [0.2, 0.25) is 5.95 Å². The number of nitrogen functional groups attached to an aromatic ring is 1. The summed E-state index contributed by atoms with van der Waals surface area (Å²) < 4.78 is 2.16. The van der Waals surface area contributed by atoms with Crippen LogP contribution in [0, 0.1) is 0 Å². The number of allylic oxidation sites excluding steroid dienone is 3. The molecule has 2 aromatic heterocycles. The first-order chi connectivity index (χ1) is 11.2. The maximum Gasteiger partial charge on any atom is 0.253 e. The maximum absolute atomic E-state index is 12.3. The molecule has 6 heteroatoms. The fourth-order valence-corrected chi connectivity index (χ4v) is 3.29. The third-order valence-electron chi connectivity index (χ3n) is 4.41. The number of aromatic nitrogens is 3. The summed E-state index contributed by atoms with van der Waals surface area (Å²) in [6, 6.07) is 3.73. The van der Waals surface area contributed by atoms with Gasteiger partial charge in [0.1, 0.15) is 0 Å². The second-order valence-electron chi connectivity index (χ2n) is 5.66. The molecule has 1 unspecified atom stereocenters. The minimum absolute atomic E-state index is 0.0318. The summed E-state index contributed by atoms with van der Waals surface area (Å²) in [5.74, 6) is 0.381. The van der Waals surface area contributed by atoms with Crippen molar-refractivity contribution in [1.82, 2.24) is 19.9 Å².